The van der Waals surface area contributed by atoms with Crippen molar-refractivity contribution in [2.24, 2.45) is 11.3 Å². The standard InChI is InChI=1S/C16H25N3O/c1-4-19(14-7-10-17-11-8-14)15(20)16(2,3)13-6-5-9-18-12-13/h7-8,10-11,13,18H,4-6,9,12H2,1-3H3. The van der Waals surface area contributed by atoms with Crippen molar-refractivity contribution in [3.63, 3.8) is 0 Å². The van der Waals surface area contributed by atoms with Gasteiger partial charge < -0.3 is 10.2 Å². The number of carbonyl (C=O) groups excluding carboxylic acids is 1. The van der Waals surface area contributed by atoms with Gasteiger partial charge in [0.05, 0.1) is 0 Å². The van der Waals surface area contributed by atoms with E-state index in [9.17, 15) is 4.79 Å². The summed E-state index contributed by atoms with van der Waals surface area (Å²) < 4.78 is 0. The zero-order chi connectivity index (χ0) is 14.6. The molecule has 0 bridgehead atoms. The van der Waals surface area contributed by atoms with Crippen LogP contribution in [0.4, 0.5) is 5.69 Å². The van der Waals surface area contributed by atoms with Gasteiger partial charge in [0.15, 0.2) is 0 Å². The van der Waals surface area contributed by atoms with Crippen LogP contribution in [0, 0.1) is 11.3 Å². The van der Waals surface area contributed by atoms with E-state index in [-0.39, 0.29) is 11.3 Å². The fourth-order valence-corrected chi connectivity index (χ4v) is 2.96. The summed E-state index contributed by atoms with van der Waals surface area (Å²) in [4.78, 5) is 18.9. The predicted octanol–water partition coefficient (Wildman–Crippen LogP) is 2.46. The second kappa shape index (κ2) is 6.35. The quantitative estimate of drug-likeness (QED) is 0.918. The number of nitrogens with zero attached hydrogens (tertiary/aromatic N) is 2. The van der Waals surface area contributed by atoms with E-state index in [0.29, 0.717) is 12.5 Å². The van der Waals surface area contributed by atoms with Crippen molar-refractivity contribution in [3.8, 4) is 0 Å². The number of amides is 1. The van der Waals surface area contributed by atoms with Gasteiger partial charge in [0.2, 0.25) is 5.91 Å². The molecule has 0 saturated carbocycles. The Morgan fingerprint density at radius 2 is 2.15 bits per heavy atom. The fraction of sp³-hybridized carbons (Fsp3) is 0.625. The van der Waals surface area contributed by atoms with Gasteiger partial charge in [0.1, 0.15) is 0 Å². The second-order valence-electron chi connectivity index (χ2n) is 6.02. The van der Waals surface area contributed by atoms with Gasteiger partial charge >= 0.3 is 0 Å². The first-order valence-electron chi connectivity index (χ1n) is 7.50. The van der Waals surface area contributed by atoms with E-state index in [4.69, 9.17) is 0 Å². The van der Waals surface area contributed by atoms with Gasteiger partial charge in [-0.3, -0.25) is 9.78 Å². The smallest absolute Gasteiger partial charge is 0.232 e. The minimum absolute atomic E-state index is 0.208. The summed E-state index contributed by atoms with van der Waals surface area (Å²) in [6.45, 7) is 8.88. The van der Waals surface area contributed by atoms with E-state index in [0.717, 1.165) is 31.6 Å². The molecule has 1 N–H and O–H groups in total. The molecule has 2 heterocycles. The molecule has 1 unspecified atom stereocenters. The molecule has 1 amide bonds. The molecule has 1 fully saturated rings. The molecule has 4 nitrogen and oxygen atoms in total. The lowest BCUT2D eigenvalue weighted by Crippen LogP contribution is -2.49. The molecule has 110 valence electrons. The van der Waals surface area contributed by atoms with Crippen LogP contribution in [0.15, 0.2) is 24.5 Å². The van der Waals surface area contributed by atoms with Gasteiger partial charge in [0.25, 0.3) is 0 Å². The molecule has 1 atom stereocenters. The molecule has 1 aliphatic heterocycles. The van der Waals surface area contributed by atoms with Crippen LogP contribution < -0.4 is 10.2 Å². The first kappa shape index (κ1) is 15.0. The van der Waals surface area contributed by atoms with Crippen LogP contribution >= 0.6 is 0 Å². The fourth-order valence-electron chi connectivity index (χ4n) is 2.96. The average Bonchev–Trinajstić information content (AvgIpc) is 2.50. The predicted molar refractivity (Wildman–Crippen MR) is 81.6 cm³/mol. The third-order valence-corrected chi connectivity index (χ3v) is 4.40. The Morgan fingerprint density at radius 3 is 2.70 bits per heavy atom. The number of aromatic nitrogens is 1. The highest BCUT2D eigenvalue weighted by molar-refractivity contribution is 5.97. The minimum atomic E-state index is -0.341. The number of rotatable bonds is 4. The average molecular weight is 275 g/mol. The highest BCUT2D eigenvalue weighted by Gasteiger charge is 2.39. The van der Waals surface area contributed by atoms with Crippen molar-refractivity contribution in [2.75, 3.05) is 24.5 Å². The van der Waals surface area contributed by atoms with Crippen LogP contribution in [0.1, 0.15) is 33.6 Å². The summed E-state index contributed by atoms with van der Waals surface area (Å²) in [5.74, 6) is 0.611. The highest BCUT2D eigenvalue weighted by Crippen LogP contribution is 2.34. The third kappa shape index (κ3) is 3.01. The normalized spacial score (nSPS) is 19.6. The first-order chi connectivity index (χ1) is 9.57. The van der Waals surface area contributed by atoms with Gasteiger partial charge in [-0.2, -0.15) is 0 Å². The molecule has 20 heavy (non-hydrogen) atoms. The number of piperidine rings is 1. The molecule has 0 aliphatic carbocycles. The minimum Gasteiger partial charge on any atom is -0.316 e. The first-order valence-corrected chi connectivity index (χ1v) is 7.50. The van der Waals surface area contributed by atoms with Crippen molar-refractivity contribution < 1.29 is 4.79 Å². The van der Waals surface area contributed by atoms with Crippen molar-refractivity contribution in [2.45, 2.75) is 33.6 Å². The van der Waals surface area contributed by atoms with E-state index in [2.05, 4.69) is 24.1 Å². The summed E-state index contributed by atoms with van der Waals surface area (Å²) >= 11 is 0. The molecule has 1 saturated heterocycles. The molecule has 4 heteroatoms. The second-order valence-corrected chi connectivity index (χ2v) is 6.02. The van der Waals surface area contributed by atoms with E-state index < -0.39 is 0 Å². The summed E-state index contributed by atoms with van der Waals surface area (Å²) in [5.41, 5.74) is 0.594. The maximum atomic E-state index is 13.0. The summed E-state index contributed by atoms with van der Waals surface area (Å²) in [6.07, 6.45) is 5.75. The summed E-state index contributed by atoms with van der Waals surface area (Å²) in [5, 5.41) is 3.41. The van der Waals surface area contributed by atoms with Crippen molar-refractivity contribution >= 4 is 11.6 Å². The molecule has 0 spiro atoms. The third-order valence-electron chi connectivity index (χ3n) is 4.40. The number of nitrogens with one attached hydrogen (secondary N) is 1. The van der Waals surface area contributed by atoms with Gasteiger partial charge in [-0.1, -0.05) is 13.8 Å². The molecule has 0 radical (unpaired) electrons. The van der Waals surface area contributed by atoms with E-state index >= 15 is 0 Å². The number of hydrogen-bond acceptors (Lipinski definition) is 3. The summed E-state index contributed by atoms with van der Waals surface area (Å²) in [7, 11) is 0. The monoisotopic (exact) mass is 275 g/mol. The Labute approximate surface area is 121 Å². The highest BCUT2D eigenvalue weighted by atomic mass is 16.2. The number of anilines is 1. The number of pyridine rings is 1. The maximum absolute atomic E-state index is 13.0. The van der Waals surface area contributed by atoms with Crippen LogP contribution in [-0.4, -0.2) is 30.5 Å². The zero-order valence-corrected chi connectivity index (χ0v) is 12.7. The summed E-state index contributed by atoms with van der Waals surface area (Å²) in [6, 6.07) is 3.80. The molecule has 1 aromatic heterocycles. The largest absolute Gasteiger partial charge is 0.316 e. The van der Waals surface area contributed by atoms with Crippen LogP contribution in [0.2, 0.25) is 0 Å². The molecule has 1 aromatic rings. The van der Waals surface area contributed by atoms with Crippen LogP contribution in [0.25, 0.3) is 0 Å². The maximum Gasteiger partial charge on any atom is 0.232 e. The Morgan fingerprint density at radius 1 is 1.45 bits per heavy atom. The van der Waals surface area contributed by atoms with E-state index in [1.807, 2.05) is 24.0 Å². The van der Waals surface area contributed by atoms with Gasteiger partial charge in [-0.15, -0.1) is 0 Å². The number of carbonyl (C=O) groups is 1. The Bertz CT molecular complexity index is 438. The molecule has 0 aromatic carbocycles. The van der Waals surface area contributed by atoms with Crippen molar-refractivity contribution in [1.29, 1.82) is 0 Å². The Hall–Kier alpha value is -1.42. The molecular formula is C16H25N3O. The lowest BCUT2D eigenvalue weighted by Gasteiger charge is -2.39. The topological polar surface area (TPSA) is 45.2 Å². The number of hydrogen-bond donors (Lipinski definition) is 1. The Balaban J connectivity index is 2.18. The van der Waals surface area contributed by atoms with Crippen molar-refractivity contribution in [1.82, 2.24) is 10.3 Å². The van der Waals surface area contributed by atoms with Gasteiger partial charge in [-0.25, -0.2) is 0 Å². The zero-order valence-electron chi connectivity index (χ0n) is 12.7. The van der Waals surface area contributed by atoms with Gasteiger partial charge in [-0.05, 0) is 50.9 Å². The van der Waals surface area contributed by atoms with E-state index in [1.165, 1.54) is 0 Å². The van der Waals surface area contributed by atoms with Gasteiger partial charge in [0, 0.05) is 30.0 Å². The van der Waals surface area contributed by atoms with Crippen LogP contribution in [-0.2, 0) is 4.79 Å². The molecular weight excluding hydrogens is 250 g/mol. The lowest BCUT2D eigenvalue weighted by atomic mass is 9.74. The SMILES string of the molecule is CCN(C(=O)C(C)(C)C1CCCNC1)c1ccncc1. The van der Waals surface area contributed by atoms with Crippen LogP contribution in [0.5, 0.6) is 0 Å². The van der Waals surface area contributed by atoms with Crippen molar-refractivity contribution in [3.05, 3.63) is 24.5 Å². The Kier molecular flexibility index (Phi) is 4.76. The molecule has 1 aliphatic rings. The molecule has 2 rings (SSSR count). The lowest BCUT2D eigenvalue weighted by molar-refractivity contribution is -0.129. The van der Waals surface area contributed by atoms with E-state index in [1.54, 1.807) is 12.4 Å². The van der Waals surface area contributed by atoms with Crippen LogP contribution in [0.3, 0.4) is 0 Å².